The molecule has 0 radical (unpaired) electrons. The minimum atomic E-state index is -0.666. The second-order valence-corrected chi connectivity index (χ2v) is 6.65. The third-order valence-electron chi connectivity index (χ3n) is 4.75. The van der Waals surface area contributed by atoms with Crippen LogP contribution in [0.3, 0.4) is 0 Å². The molecule has 1 aliphatic rings. The lowest BCUT2D eigenvalue weighted by Gasteiger charge is -2.30. The molecule has 0 spiro atoms. The average molecular weight is 339 g/mol. The number of piperidine rings is 1. The predicted molar refractivity (Wildman–Crippen MR) is 98.1 cm³/mol. The van der Waals surface area contributed by atoms with Gasteiger partial charge in [-0.25, -0.2) is 0 Å². The van der Waals surface area contributed by atoms with Crippen LogP contribution in [0.5, 0.6) is 0 Å². The zero-order chi connectivity index (χ0) is 17.6. The van der Waals surface area contributed by atoms with Crippen molar-refractivity contribution in [1.82, 2.24) is 14.7 Å². The highest BCUT2D eigenvalue weighted by atomic mass is 16.4. The van der Waals surface area contributed by atoms with Crippen LogP contribution in [0.1, 0.15) is 30.4 Å². The van der Waals surface area contributed by atoms with Crippen LogP contribution in [0, 0.1) is 5.92 Å². The Kier molecular flexibility index (Phi) is 5.66. The molecule has 0 saturated carbocycles. The van der Waals surface area contributed by atoms with E-state index in [4.69, 9.17) is 0 Å². The van der Waals surface area contributed by atoms with E-state index in [1.165, 1.54) is 11.1 Å². The summed E-state index contributed by atoms with van der Waals surface area (Å²) < 4.78 is 1.81. The Morgan fingerprint density at radius 1 is 1.32 bits per heavy atom. The van der Waals surface area contributed by atoms with Crippen LogP contribution >= 0.6 is 0 Å². The predicted octanol–water partition coefficient (Wildman–Crippen LogP) is 3.04. The van der Waals surface area contributed by atoms with Gasteiger partial charge in [0.05, 0.1) is 12.1 Å². The largest absolute Gasteiger partial charge is 0.481 e. The van der Waals surface area contributed by atoms with E-state index < -0.39 is 5.97 Å². The second-order valence-electron chi connectivity index (χ2n) is 6.65. The van der Waals surface area contributed by atoms with Gasteiger partial charge < -0.3 is 10.0 Å². The van der Waals surface area contributed by atoms with Crippen LogP contribution in [0.2, 0.25) is 0 Å². The lowest BCUT2D eigenvalue weighted by molar-refractivity contribution is -0.143. The third kappa shape index (κ3) is 4.57. The number of benzene rings is 1. The normalized spacial score (nSPS) is 19.1. The molecule has 0 amide bonds. The quantitative estimate of drug-likeness (QED) is 0.879. The molecule has 1 aromatic heterocycles. The van der Waals surface area contributed by atoms with Crippen LogP contribution < -0.4 is 0 Å². The summed E-state index contributed by atoms with van der Waals surface area (Å²) in [5.41, 5.74) is 3.47. The van der Waals surface area contributed by atoms with Gasteiger partial charge in [-0.1, -0.05) is 36.4 Å². The first-order valence-corrected chi connectivity index (χ1v) is 8.83. The zero-order valence-corrected chi connectivity index (χ0v) is 14.6. The van der Waals surface area contributed by atoms with Gasteiger partial charge in [-0.15, -0.1) is 0 Å². The molecule has 1 atom stereocenters. The number of aryl methyl sites for hydroxylation is 1. The van der Waals surface area contributed by atoms with E-state index in [2.05, 4.69) is 28.2 Å². The number of carbonyl (C=O) groups is 1. The summed E-state index contributed by atoms with van der Waals surface area (Å²) in [6.45, 7) is 2.54. The molecule has 2 heterocycles. The van der Waals surface area contributed by atoms with Crippen LogP contribution in [-0.2, 0) is 11.8 Å². The van der Waals surface area contributed by atoms with Gasteiger partial charge in [0.2, 0.25) is 0 Å². The minimum Gasteiger partial charge on any atom is -0.481 e. The number of aromatic nitrogens is 2. The highest BCUT2D eigenvalue weighted by molar-refractivity contribution is 5.79. The average Bonchev–Trinajstić information content (AvgIpc) is 3.06. The minimum absolute atomic E-state index is 0.218. The summed E-state index contributed by atoms with van der Waals surface area (Å²) in [7, 11) is 1.92. The summed E-state index contributed by atoms with van der Waals surface area (Å²) >= 11 is 0. The number of nitrogens with zero attached hydrogens (tertiary/aromatic N) is 3. The molecule has 1 N–H and O–H groups in total. The SMILES string of the molecule is Cn1cc(C(=CCCN2CCCC(C(=O)O)C2)c2ccccc2)cn1. The van der Waals surface area contributed by atoms with Crippen molar-refractivity contribution >= 4 is 11.5 Å². The molecule has 1 aromatic carbocycles. The molecule has 3 rings (SSSR count). The molecule has 5 nitrogen and oxygen atoms in total. The van der Waals surface area contributed by atoms with Crippen molar-refractivity contribution in [2.45, 2.75) is 19.3 Å². The number of carboxylic acids is 1. The van der Waals surface area contributed by atoms with E-state index in [0.717, 1.165) is 37.9 Å². The number of hydrogen-bond donors (Lipinski definition) is 1. The lowest BCUT2D eigenvalue weighted by Crippen LogP contribution is -2.39. The number of hydrogen-bond acceptors (Lipinski definition) is 3. The number of likely N-dealkylation sites (tertiary alicyclic amines) is 1. The smallest absolute Gasteiger partial charge is 0.307 e. The maximum Gasteiger partial charge on any atom is 0.307 e. The van der Waals surface area contributed by atoms with Gasteiger partial charge in [-0.3, -0.25) is 9.48 Å². The maximum atomic E-state index is 11.2. The Morgan fingerprint density at radius 3 is 2.80 bits per heavy atom. The van der Waals surface area contributed by atoms with Crippen molar-refractivity contribution in [2.24, 2.45) is 13.0 Å². The second kappa shape index (κ2) is 8.12. The molecule has 0 aliphatic carbocycles. The highest BCUT2D eigenvalue weighted by Crippen LogP contribution is 2.24. The molecule has 1 saturated heterocycles. The van der Waals surface area contributed by atoms with E-state index in [1.54, 1.807) is 0 Å². The first-order valence-electron chi connectivity index (χ1n) is 8.83. The Balaban J connectivity index is 1.70. The Labute approximate surface area is 148 Å². The van der Waals surface area contributed by atoms with Gasteiger partial charge in [-0.2, -0.15) is 5.10 Å². The van der Waals surface area contributed by atoms with Gasteiger partial charge in [-0.05, 0) is 36.9 Å². The summed E-state index contributed by atoms with van der Waals surface area (Å²) in [5, 5.41) is 13.5. The van der Waals surface area contributed by atoms with Crippen molar-refractivity contribution < 1.29 is 9.90 Å². The van der Waals surface area contributed by atoms with E-state index in [9.17, 15) is 9.90 Å². The highest BCUT2D eigenvalue weighted by Gasteiger charge is 2.24. The van der Waals surface area contributed by atoms with Crippen molar-refractivity contribution in [3.63, 3.8) is 0 Å². The Morgan fingerprint density at radius 2 is 2.12 bits per heavy atom. The molecule has 1 fully saturated rings. The van der Waals surface area contributed by atoms with Crippen molar-refractivity contribution in [1.29, 1.82) is 0 Å². The molecular formula is C20H25N3O2. The van der Waals surface area contributed by atoms with Crippen LogP contribution in [0.4, 0.5) is 0 Å². The molecule has 2 aromatic rings. The number of rotatable bonds is 6. The molecule has 1 aliphatic heterocycles. The number of aliphatic carboxylic acids is 1. The molecule has 0 bridgehead atoms. The summed E-state index contributed by atoms with van der Waals surface area (Å²) in [4.78, 5) is 13.5. The summed E-state index contributed by atoms with van der Waals surface area (Å²) in [6.07, 6.45) is 8.82. The molecule has 132 valence electrons. The molecular weight excluding hydrogens is 314 g/mol. The standard InChI is InChI=1S/C20H25N3O2/c1-22-14-18(13-21-22)19(16-7-3-2-4-8-16)10-6-12-23-11-5-9-17(15-23)20(24)25/h2-4,7-8,10,13-14,17H,5-6,9,11-12,15H2,1H3,(H,24,25). The summed E-state index contributed by atoms with van der Waals surface area (Å²) in [6, 6.07) is 10.3. The lowest BCUT2D eigenvalue weighted by atomic mass is 9.97. The van der Waals surface area contributed by atoms with E-state index in [0.29, 0.717) is 6.54 Å². The topological polar surface area (TPSA) is 58.4 Å². The van der Waals surface area contributed by atoms with Gasteiger partial charge in [0.1, 0.15) is 0 Å². The monoisotopic (exact) mass is 339 g/mol. The van der Waals surface area contributed by atoms with Crippen LogP contribution in [0.15, 0.2) is 48.8 Å². The van der Waals surface area contributed by atoms with Gasteiger partial charge in [0.15, 0.2) is 0 Å². The maximum absolute atomic E-state index is 11.2. The van der Waals surface area contributed by atoms with Crippen molar-refractivity contribution in [3.05, 3.63) is 59.9 Å². The van der Waals surface area contributed by atoms with Crippen molar-refractivity contribution in [2.75, 3.05) is 19.6 Å². The van der Waals surface area contributed by atoms with E-state index in [1.807, 2.05) is 42.3 Å². The fraction of sp³-hybridized carbons (Fsp3) is 0.400. The zero-order valence-electron chi connectivity index (χ0n) is 14.6. The van der Waals surface area contributed by atoms with Gasteiger partial charge in [0.25, 0.3) is 0 Å². The molecule has 1 unspecified atom stereocenters. The Hall–Kier alpha value is -2.40. The first kappa shape index (κ1) is 17.4. The fourth-order valence-corrected chi connectivity index (χ4v) is 3.43. The first-order chi connectivity index (χ1) is 12.1. The van der Waals surface area contributed by atoms with Gasteiger partial charge >= 0.3 is 5.97 Å². The molecule has 25 heavy (non-hydrogen) atoms. The van der Waals surface area contributed by atoms with Gasteiger partial charge in [0, 0.05) is 31.9 Å². The summed E-state index contributed by atoms with van der Waals surface area (Å²) in [5.74, 6) is -0.884. The van der Waals surface area contributed by atoms with Crippen molar-refractivity contribution in [3.8, 4) is 0 Å². The Bertz CT molecular complexity index is 736. The fourth-order valence-electron chi connectivity index (χ4n) is 3.43. The third-order valence-corrected chi connectivity index (χ3v) is 4.75. The van der Waals surface area contributed by atoms with E-state index >= 15 is 0 Å². The number of carboxylic acid groups (broad SMARTS) is 1. The van der Waals surface area contributed by atoms with E-state index in [-0.39, 0.29) is 5.92 Å². The van der Waals surface area contributed by atoms with Crippen LogP contribution in [0.25, 0.3) is 5.57 Å². The molecule has 5 heteroatoms. The van der Waals surface area contributed by atoms with Crippen LogP contribution in [-0.4, -0.2) is 45.4 Å².